The number of aliphatic hydroxyl groups excluding tert-OH is 1. The van der Waals surface area contributed by atoms with Gasteiger partial charge in [-0.15, -0.1) is 0 Å². The molecule has 3 N–H and O–H groups in total. The van der Waals surface area contributed by atoms with Crippen molar-refractivity contribution in [2.24, 2.45) is 5.73 Å². The number of halogens is 1. The molecule has 5 nitrogen and oxygen atoms in total. The van der Waals surface area contributed by atoms with Gasteiger partial charge in [-0.25, -0.2) is 4.39 Å². The molecule has 0 saturated carbocycles. The Kier molecular flexibility index (Phi) is 3.69. The average Bonchev–Trinajstić information content (AvgIpc) is 2.82. The van der Waals surface area contributed by atoms with Crippen molar-refractivity contribution >= 4 is 0 Å². The van der Waals surface area contributed by atoms with Gasteiger partial charge in [0, 0.05) is 12.2 Å². The largest absolute Gasteiger partial charge is 0.396 e. The third-order valence-corrected chi connectivity index (χ3v) is 2.64. The smallest absolute Gasteiger partial charge is 0.243 e. The van der Waals surface area contributed by atoms with Crippen LogP contribution in [0.2, 0.25) is 0 Å². The minimum atomic E-state index is -0.509. The van der Waals surface area contributed by atoms with Gasteiger partial charge >= 0.3 is 0 Å². The standard InChI is InChI=1S/C12H14FN3O2/c1-7-2-3-8(13)6-9(7)11-15-12(18-16-11)10(14)4-5-17/h2-3,6,10,17H,4-5,14H2,1H3. The van der Waals surface area contributed by atoms with E-state index in [1.165, 1.54) is 12.1 Å². The van der Waals surface area contributed by atoms with E-state index in [1.54, 1.807) is 6.07 Å². The van der Waals surface area contributed by atoms with Crippen molar-refractivity contribution in [3.63, 3.8) is 0 Å². The maximum absolute atomic E-state index is 13.2. The second-order valence-electron chi connectivity index (χ2n) is 4.03. The van der Waals surface area contributed by atoms with E-state index >= 15 is 0 Å². The molecule has 0 spiro atoms. The van der Waals surface area contributed by atoms with Crippen LogP contribution in [-0.2, 0) is 0 Å². The van der Waals surface area contributed by atoms with Gasteiger partial charge < -0.3 is 15.4 Å². The Morgan fingerprint density at radius 3 is 3.00 bits per heavy atom. The number of aliphatic hydroxyl groups is 1. The number of aryl methyl sites for hydroxylation is 1. The molecule has 96 valence electrons. The van der Waals surface area contributed by atoms with Crippen molar-refractivity contribution < 1.29 is 14.0 Å². The predicted molar refractivity (Wildman–Crippen MR) is 63.1 cm³/mol. The van der Waals surface area contributed by atoms with Crippen LogP contribution in [0.25, 0.3) is 11.4 Å². The molecule has 0 fully saturated rings. The number of nitrogens with zero attached hydrogens (tertiary/aromatic N) is 2. The summed E-state index contributed by atoms with van der Waals surface area (Å²) >= 11 is 0. The van der Waals surface area contributed by atoms with Crippen LogP contribution >= 0.6 is 0 Å². The third-order valence-electron chi connectivity index (χ3n) is 2.64. The van der Waals surface area contributed by atoms with Crippen LogP contribution in [0.3, 0.4) is 0 Å². The van der Waals surface area contributed by atoms with E-state index in [1.807, 2.05) is 6.92 Å². The molecule has 1 aromatic carbocycles. The molecule has 1 atom stereocenters. The molecule has 0 bridgehead atoms. The second kappa shape index (κ2) is 5.24. The zero-order valence-corrected chi connectivity index (χ0v) is 9.93. The molecule has 0 aliphatic carbocycles. The molecule has 0 saturated heterocycles. The van der Waals surface area contributed by atoms with Crippen LogP contribution in [0.15, 0.2) is 22.7 Å². The first-order valence-electron chi connectivity index (χ1n) is 5.58. The third kappa shape index (κ3) is 2.55. The van der Waals surface area contributed by atoms with E-state index in [2.05, 4.69) is 10.1 Å². The summed E-state index contributed by atoms with van der Waals surface area (Å²) in [5.41, 5.74) is 7.15. The Morgan fingerprint density at radius 2 is 2.28 bits per heavy atom. The summed E-state index contributed by atoms with van der Waals surface area (Å²) in [5, 5.41) is 12.6. The fourth-order valence-corrected chi connectivity index (χ4v) is 1.59. The number of hydrogen-bond donors (Lipinski definition) is 2. The highest BCUT2D eigenvalue weighted by Crippen LogP contribution is 2.23. The summed E-state index contributed by atoms with van der Waals surface area (Å²) in [5.74, 6) is 0.180. The molecule has 1 aromatic heterocycles. The molecule has 0 amide bonds. The van der Waals surface area contributed by atoms with Gasteiger partial charge in [0.25, 0.3) is 0 Å². The van der Waals surface area contributed by atoms with Crippen LogP contribution in [0, 0.1) is 12.7 Å². The normalized spacial score (nSPS) is 12.7. The molecular formula is C12H14FN3O2. The van der Waals surface area contributed by atoms with E-state index in [9.17, 15) is 4.39 Å². The molecule has 0 aliphatic rings. The number of hydrogen-bond acceptors (Lipinski definition) is 5. The van der Waals surface area contributed by atoms with Gasteiger partial charge in [0.05, 0.1) is 6.04 Å². The highest BCUT2D eigenvalue weighted by atomic mass is 19.1. The van der Waals surface area contributed by atoms with E-state index in [4.69, 9.17) is 15.4 Å². The second-order valence-corrected chi connectivity index (χ2v) is 4.03. The molecule has 0 radical (unpaired) electrons. The first-order valence-corrected chi connectivity index (χ1v) is 5.58. The summed E-state index contributed by atoms with van der Waals surface area (Å²) in [4.78, 5) is 4.12. The lowest BCUT2D eigenvalue weighted by molar-refractivity contribution is 0.259. The first kappa shape index (κ1) is 12.7. The fraction of sp³-hybridized carbons (Fsp3) is 0.333. The van der Waals surface area contributed by atoms with Crippen molar-refractivity contribution in [2.75, 3.05) is 6.61 Å². The van der Waals surface area contributed by atoms with Crippen molar-refractivity contribution in [2.45, 2.75) is 19.4 Å². The summed E-state index contributed by atoms with van der Waals surface area (Å²) in [6, 6.07) is 3.86. The number of aromatic nitrogens is 2. The minimum Gasteiger partial charge on any atom is -0.396 e. The molecule has 1 unspecified atom stereocenters. The lowest BCUT2D eigenvalue weighted by atomic mass is 10.1. The molecule has 1 heterocycles. The van der Waals surface area contributed by atoms with Crippen LogP contribution in [0.1, 0.15) is 23.9 Å². The van der Waals surface area contributed by atoms with Gasteiger partial charge in [-0.3, -0.25) is 0 Å². The predicted octanol–water partition coefficient (Wildman–Crippen LogP) is 1.57. The zero-order chi connectivity index (χ0) is 13.1. The molecule has 2 rings (SSSR count). The highest BCUT2D eigenvalue weighted by Gasteiger charge is 2.16. The van der Waals surface area contributed by atoms with E-state index in [0.29, 0.717) is 17.8 Å². The molecule has 18 heavy (non-hydrogen) atoms. The summed E-state index contributed by atoms with van der Waals surface area (Å²) < 4.78 is 18.2. The van der Waals surface area contributed by atoms with E-state index < -0.39 is 6.04 Å². The van der Waals surface area contributed by atoms with Gasteiger partial charge in [-0.1, -0.05) is 11.2 Å². The zero-order valence-electron chi connectivity index (χ0n) is 9.93. The van der Waals surface area contributed by atoms with Crippen LogP contribution in [0.4, 0.5) is 4.39 Å². The SMILES string of the molecule is Cc1ccc(F)cc1-c1noc(C(N)CCO)n1. The van der Waals surface area contributed by atoms with Gasteiger partial charge in [-0.05, 0) is 31.0 Å². The Balaban J connectivity index is 2.32. The van der Waals surface area contributed by atoms with Gasteiger partial charge in [-0.2, -0.15) is 4.98 Å². The van der Waals surface area contributed by atoms with Crippen LogP contribution in [0.5, 0.6) is 0 Å². The lowest BCUT2D eigenvalue weighted by Gasteiger charge is -2.02. The first-order chi connectivity index (χ1) is 8.61. The lowest BCUT2D eigenvalue weighted by Crippen LogP contribution is -2.12. The molecule has 0 aliphatic heterocycles. The van der Waals surface area contributed by atoms with E-state index in [0.717, 1.165) is 5.56 Å². The fourth-order valence-electron chi connectivity index (χ4n) is 1.59. The van der Waals surface area contributed by atoms with Crippen molar-refractivity contribution in [3.05, 3.63) is 35.5 Å². The monoisotopic (exact) mass is 251 g/mol. The Hall–Kier alpha value is -1.79. The van der Waals surface area contributed by atoms with Crippen LogP contribution in [-0.4, -0.2) is 21.9 Å². The Labute approximate surface area is 103 Å². The number of nitrogens with two attached hydrogens (primary N) is 1. The summed E-state index contributed by atoms with van der Waals surface area (Å²) in [6.07, 6.45) is 0.337. The maximum Gasteiger partial charge on any atom is 0.243 e. The van der Waals surface area contributed by atoms with Gasteiger partial charge in [0.2, 0.25) is 11.7 Å². The van der Waals surface area contributed by atoms with Gasteiger partial charge in [0.1, 0.15) is 5.82 Å². The topological polar surface area (TPSA) is 85.2 Å². The van der Waals surface area contributed by atoms with Crippen molar-refractivity contribution in [1.29, 1.82) is 0 Å². The molecular weight excluding hydrogens is 237 g/mol. The summed E-state index contributed by atoms with van der Waals surface area (Å²) in [7, 11) is 0. The minimum absolute atomic E-state index is 0.0577. The number of rotatable bonds is 4. The van der Waals surface area contributed by atoms with Crippen LogP contribution < -0.4 is 5.73 Å². The quantitative estimate of drug-likeness (QED) is 0.861. The highest BCUT2D eigenvalue weighted by molar-refractivity contribution is 5.59. The molecule has 6 heteroatoms. The van der Waals surface area contributed by atoms with E-state index in [-0.39, 0.29) is 18.3 Å². The van der Waals surface area contributed by atoms with Crippen molar-refractivity contribution in [1.82, 2.24) is 10.1 Å². The number of benzene rings is 1. The maximum atomic E-state index is 13.2. The Bertz CT molecular complexity index is 542. The molecule has 2 aromatic rings. The van der Waals surface area contributed by atoms with Gasteiger partial charge in [0.15, 0.2) is 0 Å². The summed E-state index contributed by atoms with van der Waals surface area (Å²) in [6.45, 7) is 1.77. The van der Waals surface area contributed by atoms with Crippen molar-refractivity contribution in [3.8, 4) is 11.4 Å². The average molecular weight is 251 g/mol. The Morgan fingerprint density at radius 1 is 1.50 bits per heavy atom.